The first kappa shape index (κ1) is 12.2. The SMILES string of the molecule is C[C@@H](OC(=O)c1cccs1)C(=O)NC(N)=O. The lowest BCUT2D eigenvalue weighted by molar-refractivity contribution is -0.127. The highest BCUT2D eigenvalue weighted by Gasteiger charge is 2.20. The molecule has 1 aromatic rings. The van der Waals surface area contributed by atoms with Crippen LogP contribution < -0.4 is 11.1 Å². The van der Waals surface area contributed by atoms with Crippen LogP contribution in [-0.2, 0) is 9.53 Å². The molecule has 6 nitrogen and oxygen atoms in total. The molecule has 0 aromatic carbocycles. The van der Waals surface area contributed by atoms with Gasteiger partial charge in [0.1, 0.15) is 4.88 Å². The van der Waals surface area contributed by atoms with Gasteiger partial charge in [0.2, 0.25) is 0 Å². The van der Waals surface area contributed by atoms with Gasteiger partial charge >= 0.3 is 12.0 Å². The van der Waals surface area contributed by atoms with Crippen LogP contribution in [0.4, 0.5) is 4.79 Å². The van der Waals surface area contributed by atoms with Gasteiger partial charge in [0.15, 0.2) is 6.10 Å². The number of urea groups is 1. The number of hydrogen-bond acceptors (Lipinski definition) is 5. The average Bonchev–Trinajstić information content (AvgIpc) is 2.68. The zero-order valence-electron chi connectivity index (χ0n) is 8.43. The summed E-state index contributed by atoms with van der Waals surface area (Å²) in [6.07, 6.45) is -1.07. The van der Waals surface area contributed by atoms with E-state index in [9.17, 15) is 14.4 Å². The highest BCUT2D eigenvalue weighted by molar-refractivity contribution is 7.11. The van der Waals surface area contributed by atoms with Crippen molar-refractivity contribution in [2.45, 2.75) is 13.0 Å². The summed E-state index contributed by atoms with van der Waals surface area (Å²) in [5, 5.41) is 3.53. The zero-order valence-corrected chi connectivity index (χ0v) is 9.24. The van der Waals surface area contributed by atoms with Crippen molar-refractivity contribution < 1.29 is 19.1 Å². The van der Waals surface area contributed by atoms with Gasteiger partial charge in [-0.2, -0.15) is 0 Å². The standard InChI is InChI=1S/C9H10N2O4S/c1-5(7(12)11-9(10)14)15-8(13)6-3-2-4-16-6/h2-5H,1H3,(H3,10,11,12,14)/t5-/m1/s1. The highest BCUT2D eigenvalue weighted by Crippen LogP contribution is 2.11. The quantitative estimate of drug-likeness (QED) is 0.753. The molecule has 0 unspecified atom stereocenters. The predicted octanol–water partition coefficient (Wildman–Crippen LogP) is 0.488. The number of amides is 3. The fourth-order valence-corrected chi connectivity index (χ4v) is 1.50. The monoisotopic (exact) mass is 242 g/mol. The molecule has 0 saturated carbocycles. The summed E-state index contributed by atoms with van der Waals surface area (Å²) in [6, 6.07) is 2.28. The van der Waals surface area contributed by atoms with Gasteiger partial charge in [-0.1, -0.05) is 6.07 Å². The van der Waals surface area contributed by atoms with Crippen LogP contribution in [0.2, 0.25) is 0 Å². The van der Waals surface area contributed by atoms with Crippen LogP contribution in [0, 0.1) is 0 Å². The third-order valence-corrected chi connectivity index (χ3v) is 2.47. The summed E-state index contributed by atoms with van der Waals surface area (Å²) in [4.78, 5) is 33.3. The Morgan fingerprint density at radius 2 is 2.19 bits per heavy atom. The van der Waals surface area contributed by atoms with E-state index in [0.29, 0.717) is 4.88 Å². The smallest absolute Gasteiger partial charge is 0.349 e. The second-order valence-corrected chi connectivity index (χ2v) is 3.83. The maximum atomic E-state index is 11.4. The van der Waals surface area contributed by atoms with E-state index >= 15 is 0 Å². The van der Waals surface area contributed by atoms with Crippen LogP contribution in [0.1, 0.15) is 16.6 Å². The van der Waals surface area contributed by atoms with E-state index in [0.717, 1.165) is 0 Å². The van der Waals surface area contributed by atoms with Crippen LogP contribution in [0.3, 0.4) is 0 Å². The molecule has 3 amide bonds. The van der Waals surface area contributed by atoms with Gasteiger partial charge in [-0.05, 0) is 18.4 Å². The first-order valence-electron chi connectivity index (χ1n) is 4.35. The molecule has 16 heavy (non-hydrogen) atoms. The lowest BCUT2D eigenvalue weighted by atomic mass is 10.3. The van der Waals surface area contributed by atoms with E-state index in [4.69, 9.17) is 10.5 Å². The summed E-state index contributed by atoms with van der Waals surface area (Å²) in [5.41, 5.74) is 4.75. The van der Waals surface area contributed by atoms with Gasteiger partial charge in [0, 0.05) is 0 Å². The van der Waals surface area contributed by atoms with Crippen LogP contribution in [0.15, 0.2) is 17.5 Å². The third kappa shape index (κ3) is 3.35. The lowest BCUT2D eigenvalue weighted by Gasteiger charge is -2.10. The molecule has 0 radical (unpaired) electrons. The van der Waals surface area contributed by atoms with Gasteiger partial charge in [0.05, 0.1) is 0 Å². The van der Waals surface area contributed by atoms with Crippen molar-refractivity contribution >= 4 is 29.2 Å². The number of thiophene rings is 1. The van der Waals surface area contributed by atoms with Crippen LogP contribution in [-0.4, -0.2) is 24.0 Å². The zero-order chi connectivity index (χ0) is 12.1. The van der Waals surface area contributed by atoms with E-state index in [1.54, 1.807) is 17.5 Å². The second-order valence-electron chi connectivity index (χ2n) is 2.88. The molecule has 0 aliphatic carbocycles. The van der Waals surface area contributed by atoms with Gasteiger partial charge < -0.3 is 10.5 Å². The molecule has 1 atom stereocenters. The number of imide groups is 1. The Kier molecular flexibility index (Phi) is 4.01. The Morgan fingerprint density at radius 1 is 1.50 bits per heavy atom. The minimum Gasteiger partial charge on any atom is -0.448 e. The minimum absolute atomic E-state index is 0.388. The minimum atomic E-state index is -1.07. The molecule has 3 N–H and O–H groups in total. The van der Waals surface area contributed by atoms with E-state index in [-0.39, 0.29) is 0 Å². The second kappa shape index (κ2) is 5.26. The molecule has 0 spiro atoms. The Balaban J connectivity index is 2.51. The van der Waals surface area contributed by atoms with Crippen molar-refractivity contribution in [2.24, 2.45) is 5.73 Å². The largest absolute Gasteiger partial charge is 0.448 e. The number of nitrogens with one attached hydrogen (secondary N) is 1. The fourth-order valence-electron chi connectivity index (χ4n) is 0.890. The van der Waals surface area contributed by atoms with Crippen LogP contribution in [0.25, 0.3) is 0 Å². The predicted molar refractivity (Wildman–Crippen MR) is 56.9 cm³/mol. The summed E-state index contributed by atoms with van der Waals surface area (Å²) >= 11 is 1.20. The van der Waals surface area contributed by atoms with E-state index in [1.165, 1.54) is 18.3 Å². The van der Waals surface area contributed by atoms with Crippen molar-refractivity contribution in [1.29, 1.82) is 0 Å². The molecule has 0 saturated heterocycles. The normalized spacial score (nSPS) is 11.6. The maximum absolute atomic E-state index is 11.4. The molecule has 86 valence electrons. The molecular formula is C9H10N2O4S. The first-order valence-corrected chi connectivity index (χ1v) is 5.23. The molecule has 1 heterocycles. The van der Waals surface area contributed by atoms with Crippen molar-refractivity contribution in [3.63, 3.8) is 0 Å². The molecule has 0 fully saturated rings. The van der Waals surface area contributed by atoms with E-state index in [2.05, 4.69) is 0 Å². The van der Waals surface area contributed by atoms with Crippen molar-refractivity contribution in [1.82, 2.24) is 5.32 Å². The van der Waals surface area contributed by atoms with E-state index < -0.39 is 24.0 Å². The summed E-state index contributed by atoms with van der Waals surface area (Å²) in [6.45, 7) is 1.35. The molecular weight excluding hydrogens is 232 g/mol. The third-order valence-electron chi connectivity index (χ3n) is 1.62. The van der Waals surface area contributed by atoms with Crippen LogP contribution in [0.5, 0.6) is 0 Å². The van der Waals surface area contributed by atoms with E-state index in [1.807, 2.05) is 5.32 Å². The molecule has 1 rings (SSSR count). The Morgan fingerprint density at radius 3 is 2.69 bits per heavy atom. The van der Waals surface area contributed by atoms with Gasteiger partial charge in [-0.15, -0.1) is 11.3 Å². The number of nitrogens with two attached hydrogens (primary N) is 1. The summed E-state index contributed by atoms with van der Waals surface area (Å²) in [5.74, 6) is -1.36. The number of rotatable bonds is 3. The molecule has 7 heteroatoms. The maximum Gasteiger partial charge on any atom is 0.349 e. The molecule has 1 aromatic heterocycles. The van der Waals surface area contributed by atoms with Gasteiger partial charge in [-0.3, -0.25) is 10.1 Å². The van der Waals surface area contributed by atoms with Crippen molar-refractivity contribution in [3.8, 4) is 0 Å². The number of esters is 1. The average molecular weight is 242 g/mol. The molecule has 0 aliphatic rings. The Hall–Kier alpha value is -1.89. The number of hydrogen-bond donors (Lipinski definition) is 2. The number of carbonyl (C=O) groups is 3. The molecule has 0 bridgehead atoms. The molecule has 0 aliphatic heterocycles. The summed E-state index contributed by atoms with van der Waals surface area (Å²) < 4.78 is 4.81. The van der Waals surface area contributed by atoms with Crippen LogP contribution >= 0.6 is 11.3 Å². The van der Waals surface area contributed by atoms with Crippen molar-refractivity contribution in [3.05, 3.63) is 22.4 Å². The topological polar surface area (TPSA) is 98.5 Å². The highest BCUT2D eigenvalue weighted by atomic mass is 32.1. The Bertz CT molecular complexity index is 402. The fraction of sp³-hybridized carbons (Fsp3) is 0.222. The van der Waals surface area contributed by atoms with Gasteiger partial charge in [0.25, 0.3) is 5.91 Å². The van der Waals surface area contributed by atoms with Gasteiger partial charge in [-0.25, -0.2) is 9.59 Å². The summed E-state index contributed by atoms with van der Waals surface area (Å²) in [7, 11) is 0. The number of primary amides is 1. The first-order chi connectivity index (χ1) is 7.50. The van der Waals surface area contributed by atoms with Crippen molar-refractivity contribution in [2.75, 3.05) is 0 Å². The number of ether oxygens (including phenoxy) is 1. The Labute approximate surface area is 95.4 Å². The number of carbonyl (C=O) groups excluding carboxylic acids is 3. The lowest BCUT2D eigenvalue weighted by Crippen LogP contribution is -2.42.